The van der Waals surface area contributed by atoms with Crippen molar-refractivity contribution in [2.24, 2.45) is 0 Å². The smallest absolute Gasteiger partial charge is 0.224 e. The van der Waals surface area contributed by atoms with Crippen molar-refractivity contribution in [2.75, 3.05) is 0 Å². The van der Waals surface area contributed by atoms with Gasteiger partial charge in [0.25, 0.3) is 0 Å². The lowest BCUT2D eigenvalue weighted by Crippen LogP contribution is -2.25. The molecular weight excluding hydrogens is 279 g/mol. The normalized spacial score (nSPS) is 14.1. The van der Waals surface area contributed by atoms with E-state index in [1.54, 1.807) is 18.2 Å². The second-order valence-corrected chi connectivity index (χ2v) is 6.04. The molecule has 0 unspecified atom stereocenters. The number of aromatic nitrogens is 1. The van der Waals surface area contributed by atoms with Crippen molar-refractivity contribution in [3.8, 4) is 0 Å². The summed E-state index contributed by atoms with van der Waals surface area (Å²) in [6, 6.07) is 9.18. The molecule has 0 spiro atoms. The minimum absolute atomic E-state index is 0.0774. The molecule has 3 rings (SSSR count). The highest BCUT2D eigenvalue weighted by atomic mass is 19.1. The van der Waals surface area contributed by atoms with Gasteiger partial charge in [-0.3, -0.25) is 4.79 Å². The van der Waals surface area contributed by atoms with Gasteiger partial charge in [0.1, 0.15) is 5.82 Å². The van der Waals surface area contributed by atoms with E-state index in [4.69, 9.17) is 0 Å². The predicted molar refractivity (Wildman–Crippen MR) is 84.1 cm³/mol. The molecule has 1 saturated carbocycles. The van der Waals surface area contributed by atoms with Gasteiger partial charge in [-0.05, 0) is 49.9 Å². The van der Waals surface area contributed by atoms with Gasteiger partial charge in [-0.15, -0.1) is 0 Å². The molecule has 1 aromatic heterocycles. The summed E-state index contributed by atoms with van der Waals surface area (Å²) in [5.41, 5.74) is 4.05. The molecule has 0 bridgehead atoms. The minimum Gasteiger partial charge on any atom is -0.352 e. The Hall–Kier alpha value is -2.10. The van der Waals surface area contributed by atoms with E-state index in [-0.39, 0.29) is 18.1 Å². The van der Waals surface area contributed by atoms with Crippen LogP contribution in [0.3, 0.4) is 0 Å². The molecular formula is C18H21FN2O. The third kappa shape index (κ3) is 3.06. The average molecular weight is 300 g/mol. The lowest BCUT2D eigenvalue weighted by molar-refractivity contribution is -0.120. The summed E-state index contributed by atoms with van der Waals surface area (Å²) in [7, 11) is 0. The number of carbonyl (C=O) groups excluding carboxylic acids is 1. The Morgan fingerprint density at radius 3 is 2.68 bits per heavy atom. The maximum atomic E-state index is 13.5. The largest absolute Gasteiger partial charge is 0.352 e. The molecule has 0 aliphatic heterocycles. The van der Waals surface area contributed by atoms with Gasteiger partial charge in [-0.2, -0.15) is 0 Å². The second kappa shape index (κ2) is 5.95. The number of carbonyl (C=O) groups is 1. The van der Waals surface area contributed by atoms with Gasteiger partial charge in [0.2, 0.25) is 5.91 Å². The molecule has 1 amide bonds. The van der Waals surface area contributed by atoms with E-state index in [1.807, 2.05) is 0 Å². The molecule has 116 valence electrons. The number of rotatable bonds is 5. The second-order valence-electron chi connectivity index (χ2n) is 6.04. The van der Waals surface area contributed by atoms with Crippen molar-refractivity contribution in [2.45, 2.75) is 45.7 Å². The van der Waals surface area contributed by atoms with Crippen LogP contribution in [0.1, 0.15) is 41.4 Å². The zero-order valence-corrected chi connectivity index (χ0v) is 13.0. The van der Waals surface area contributed by atoms with Crippen molar-refractivity contribution in [3.05, 3.63) is 58.7 Å². The summed E-state index contributed by atoms with van der Waals surface area (Å²) >= 11 is 0. The molecule has 1 N–H and O–H groups in total. The van der Waals surface area contributed by atoms with E-state index < -0.39 is 0 Å². The van der Waals surface area contributed by atoms with Gasteiger partial charge < -0.3 is 9.88 Å². The zero-order valence-electron chi connectivity index (χ0n) is 13.0. The van der Waals surface area contributed by atoms with E-state index in [0.717, 1.165) is 5.56 Å². The van der Waals surface area contributed by atoms with Crippen LogP contribution in [0.25, 0.3) is 0 Å². The number of aryl methyl sites for hydroxylation is 1. The van der Waals surface area contributed by atoms with Crippen LogP contribution < -0.4 is 5.32 Å². The quantitative estimate of drug-likeness (QED) is 0.902. The summed E-state index contributed by atoms with van der Waals surface area (Å²) in [6.07, 6.45) is 2.57. The first kappa shape index (κ1) is 14.8. The Morgan fingerprint density at radius 2 is 2.00 bits per heavy atom. The summed E-state index contributed by atoms with van der Waals surface area (Å²) in [5, 5.41) is 2.90. The van der Waals surface area contributed by atoms with E-state index in [1.165, 1.54) is 30.3 Å². The van der Waals surface area contributed by atoms with Crippen LogP contribution in [-0.2, 0) is 17.8 Å². The van der Waals surface area contributed by atoms with Crippen LogP contribution in [0.5, 0.6) is 0 Å². The number of hydrogen-bond acceptors (Lipinski definition) is 1. The van der Waals surface area contributed by atoms with Gasteiger partial charge in [0, 0.05) is 24.0 Å². The SMILES string of the molecule is Cc1cc(CNC(=O)Cc2ccccc2F)c(C)n1C1CC1. The number of hydrogen-bond donors (Lipinski definition) is 1. The first-order valence-electron chi connectivity index (χ1n) is 7.73. The fraction of sp³-hybridized carbons (Fsp3) is 0.389. The number of amides is 1. The third-order valence-corrected chi connectivity index (χ3v) is 4.29. The van der Waals surface area contributed by atoms with E-state index in [9.17, 15) is 9.18 Å². The summed E-state index contributed by atoms with van der Waals surface area (Å²) in [4.78, 5) is 12.0. The first-order chi connectivity index (χ1) is 10.6. The molecule has 1 fully saturated rings. The van der Waals surface area contributed by atoms with Crippen molar-refractivity contribution in [1.82, 2.24) is 9.88 Å². The summed E-state index contributed by atoms with van der Waals surface area (Å²) < 4.78 is 15.9. The highest BCUT2D eigenvalue weighted by Crippen LogP contribution is 2.38. The molecule has 1 aliphatic rings. The Balaban J connectivity index is 1.62. The molecule has 1 heterocycles. The van der Waals surface area contributed by atoms with Crippen molar-refractivity contribution < 1.29 is 9.18 Å². The zero-order chi connectivity index (χ0) is 15.7. The van der Waals surface area contributed by atoms with Gasteiger partial charge in [0.05, 0.1) is 6.42 Å². The number of nitrogens with one attached hydrogen (secondary N) is 1. The van der Waals surface area contributed by atoms with Crippen LogP contribution in [0, 0.1) is 19.7 Å². The van der Waals surface area contributed by atoms with Crippen LogP contribution >= 0.6 is 0 Å². The summed E-state index contributed by atoms with van der Waals surface area (Å²) in [6.45, 7) is 4.71. The lowest BCUT2D eigenvalue weighted by Gasteiger charge is -2.09. The number of halogens is 1. The lowest BCUT2D eigenvalue weighted by atomic mass is 10.1. The molecule has 22 heavy (non-hydrogen) atoms. The fourth-order valence-electron chi connectivity index (χ4n) is 2.99. The molecule has 0 radical (unpaired) electrons. The first-order valence-corrected chi connectivity index (χ1v) is 7.73. The maximum Gasteiger partial charge on any atom is 0.224 e. The van der Waals surface area contributed by atoms with Crippen molar-refractivity contribution >= 4 is 5.91 Å². The van der Waals surface area contributed by atoms with Crippen LogP contribution in [0.15, 0.2) is 30.3 Å². The highest BCUT2D eigenvalue weighted by molar-refractivity contribution is 5.78. The number of nitrogens with zero attached hydrogens (tertiary/aromatic N) is 1. The number of benzene rings is 1. The predicted octanol–water partition coefficient (Wildman–Crippen LogP) is 3.44. The van der Waals surface area contributed by atoms with Crippen molar-refractivity contribution in [1.29, 1.82) is 0 Å². The molecule has 0 atom stereocenters. The molecule has 2 aromatic rings. The molecule has 1 aliphatic carbocycles. The van der Waals surface area contributed by atoms with E-state index in [2.05, 4.69) is 29.8 Å². The maximum absolute atomic E-state index is 13.5. The Morgan fingerprint density at radius 1 is 1.27 bits per heavy atom. The fourth-order valence-corrected chi connectivity index (χ4v) is 2.99. The Labute approximate surface area is 130 Å². The van der Waals surface area contributed by atoms with E-state index in [0.29, 0.717) is 18.2 Å². The van der Waals surface area contributed by atoms with Crippen LogP contribution in [0.2, 0.25) is 0 Å². The van der Waals surface area contributed by atoms with E-state index >= 15 is 0 Å². The minimum atomic E-state index is -0.329. The van der Waals surface area contributed by atoms with Gasteiger partial charge in [0.15, 0.2) is 0 Å². The highest BCUT2D eigenvalue weighted by Gasteiger charge is 2.26. The van der Waals surface area contributed by atoms with Crippen molar-refractivity contribution in [3.63, 3.8) is 0 Å². The molecule has 1 aromatic carbocycles. The Kier molecular flexibility index (Phi) is 4.01. The average Bonchev–Trinajstić information content (AvgIpc) is 3.26. The van der Waals surface area contributed by atoms with Crippen LogP contribution in [0.4, 0.5) is 4.39 Å². The van der Waals surface area contributed by atoms with Gasteiger partial charge >= 0.3 is 0 Å². The molecule has 3 nitrogen and oxygen atoms in total. The topological polar surface area (TPSA) is 34.0 Å². The Bertz CT molecular complexity index is 701. The van der Waals surface area contributed by atoms with Gasteiger partial charge in [-0.1, -0.05) is 18.2 Å². The standard InChI is InChI=1S/C18H21FN2O/c1-12-9-15(13(2)21(12)16-7-8-16)11-20-18(22)10-14-5-3-4-6-17(14)19/h3-6,9,16H,7-8,10-11H2,1-2H3,(H,20,22). The molecule has 0 saturated heterocycles. The summed E-state index contributed by atoms with van der Waals surface area (Å²) in [5.74, 6) is -0.481. The third-order valence-electron chi connectivity index (χ3n) is 4.29. The van der Waals surface area contributed by atoms with Gasteiger partial charge in [-0.25, -0.2) is 4.39 Å². The monoisotopic (exact) mass is 300 g/mol. The van der Waals surface area contributed by atoms with Crippen LogP contribution in [-0.4, -0.2) is 10.5 Å². The molecule has 4 heteroatoms.